The van der Waals surface area contributed by atoms with Gasteiger partial charge in [-0.1, -0.05) is 0 Å². The number of carbonyl (C=O) groups is 1. The van der Waals surface area contributed by atoms with Gasteiger partial charge in [0.2, 0.25) is 5.91 Å². The second-order valence-corrected chi connectivity index (χ2v) is 4.46. The number of hydrogen-bond donors (Lipinski definition) is 1. The van der Waals surface area contributed by atoms with E-state index in [9.17, 15) is 4.79 Å². The maximum atomic E-state index is 11.1. The van der Waals surface area contributed by atoms with Gasteiger partial charge in [-0.25, -0.2) is 0 Å². The van der Waals surface area contributed by atoms with E-state index in [0.717, 1.165) is 39.1 Å². The van der Waals surface area contributed by atoms with Crippen LogP contribution in [0.5, 0.6) is 0 Å². The molecule has 0 radical (unpaired) electrons. The van der Waals surface area contributed by atoms with E-state index in [-0.39, 0.29) is 11.9 Å². The number of piperazine rings is 1. The molecule has 1 aliphatic heterocycles. The number of hydrogen-bond acceptors (Lipinski definition) is 4. The van der Waals surface area contributed by atoms with E-state index in [1.54, 1.807) is 7.05 Å². The van der Waals surface area contributed by atoms with Gasteiger partial charge >= 0.3 is 0 Å². The summed E-state index contributed by atoms with van der Waals surface area (Å²) >= 11 is 0. The molecular formula is C12H22N4O. The van der Waals surface area contributed by atoms with Gasteiger partial charge in [-0.2, -0.15) is 5.26 Å². The molecule has 0 aromatic heterocycles. The van der Waals surface area contributed by atoms with Crippen molar-refractivity contribution in [3.8, 4) is 6.07 Å². The zero-order valence-electron chi connectivity index (χ0n) is 10.8. The Hall–Kier alpha value is -1.12. The smallest absolute Gasteiger partial charge is 0.219 e. The summed E-state index contributed by atoms with van der Waals surface area (Å²) in [4.78, 5) is 15.6. The standard InChI is InChI=1S/C12H22N4O/c1-11(10-13)16-8-6-15(7-9-16)5-3-4-12(17)14-2/h11H,3-9H2,1-2H3,(H,14,17). The molecule has 1 atom stereocenters. The summed E-state index contributed by atoms with van der Waals surface area (Å²) in [6, 6.07) is 2.29. The van der Waals surface area contributed by atoms with E-state index in [2.05, 4.69) is 21.2 Å². The summed E-state index contributed by atoms with van der Waals surface area (Å²) in [7, 11) is 1.67. The zero-order chi connectivity index (χ0) is 12.7. The van der Waals surface area contributed by atoms with E-state index in [1.807, 2.05) is 6.92 Å². The first-order valence-electron chi connectivity index (χ1n) is 6.24. The fraction of sp³-hybridized carbons (Fsp3) is 0.833. The number of nitrogens with one attached hydrogen (secondary N) is 1. The third-order valence-electron chi connectivity index (χ3n) is 3.30. The van der Waals surface area contributed by atoms with Gasteiger partial charge < -0.3 is 10.2 Å². The minimum atomic E-state index is 0.0167. The van der Waals surface area contributed by atoms with Gasteiger partial charge in [-0.3, -0.25) is 9.69 Å². The molecule has 5 nitrogen and oxygen atoms in total. The SMILES string of the molecule is CNC(=O)CCCN1CCN(C(C)C#N)CC1. The van der Waals surface area contributed by atoms with E-state index < -0.39 is 0 Å². The van der Waals surface area contributed by atoms with Crippen LogP contribution >= 0.6 is 0 Å². The fourth-order valence-corrected chi connectivity index (χ4v) is 2.04. The van der Waals surface area contributed by atoms with Crippen LogP contribution in [0, 0.1) is 11.3 Å². The third-order valence-corrected chi connectivity index (χ3v) is 3.30. The van der Waals surface area contributed by atoms with Gasteiger partial charge in [0.25, 0.3) is 0 Å². The van der Waals surface area contributed by atoms with Gasteiger partial charge in [0, 0.05) is 39.6 Å². The lowest BCUT2D eigenvalue weighted by Crippen LogP contribution is -2.49. The maximum absolute atomic E-state index is 11.1. The first-order chi connectivity index (χ1) is 8.17. The number of rotatable bonds is 5. The van der Waals surface area contributed by atoms with E-state index in [4.69, 9.17) is 5.26 Å². The molecule has 96 valence electrons. The van der Waals surface area contributed by atoms with Gasteiger partial charge in [0.05, 0.1) is 12.1 Å². The summed E-state index contributed by atoms with van der Waals surface area (Å²) in [5.74, 6) is 0.113. The van der Waals surface area contributed by atoms with Crippen molar-refractivity contribution in [1.29, 1.82) is 5.26 Å². The van der Waals surface area contributed by atoms with Crippen LogP contribution in [-0.4, -0.2) is 61.5 Å². The van der Waals surface area contributed by atoms with Crippen molar-refractivity contribution in [1.82, 2.24) is 15.1 Å². The molecule has 17 heavy (non-hydrogen) atoms. The largest absolute Gasteiger partial charge is 0.359 e. The highest BCUT2D eigenvalue weighted by Gasteiger charge is 2.20. The molecule has 1 rings (SSSR count). The molecule has 1 fully saturated rings. The van der Waals surface area contributed by atoms with Gasteiger partial charge in [0.15, 0.2) is 0 Å². The van der Waals surface area contributed by atoms with Crippen molar-refractivity contribution in [2.24, 2.45) is 0 Å². The van der Waals surface area contributed by atoms with Gasteiger partial charge in [0.1, 0.15) is 0 Å². The highest BCUT2D eigenvalue weighted by atomic mass is 16.1. The van der Waals surface area contributed by atoms with E-state index >= 15 is 0 Å². The summed E-state index contributed by atoms with van der Waals surface area (Å²) < 4.78 is 0. The molecule has 0 aliphatic carbocycles. The molecule has 1 aliphatic rings. The van der Waals surface area contributed by atoms with E-state index in [0.29, 0.717) is 6.42 Å². The van der Waals surface area contributed by atoms with Crippen LogP contribution in [0.4, 0.5) is 0 Å². The highest BCUT2D eigenvalue weighted by Crippen LogP contribution is 2.06. The minimum Gasteiger partial charge on any atom is -0.359 e. The monoisotopic (exact) mass is 238 g/mol. The Kier molecular flexibility index (Phi) is 5.95. The predicted molar refractivity (Wildman–Crippen MR) is 66.4 cm³/mol. The minimum absolute atomic E-state index is 0.0167. The lowest BCUT2D eigenvalue weighted by Gasteiger charge is -2.35. The molecule has 1 N–H and O–H groups in total. The third kappa shape index (κ3) is 4.72. The van der Waals surface area contributed by atoms with Crippen LogP contribution in [0.2, 0.25) is 0 Å². The maximum Gasteiger partial charge on any atom is 0.219 e. The first kappa shape index (κ1) is 13.9. The summed E-state index contributed by atoms with van der Waals surface area (Å²) in [6.07, 6.45) is 1.51. The van der Waals surface area contributed by atoms with Crippen LogP contribution in [0.15, 0.2) is 0 Å². The van der Waals surface area contributed by atoms with Gasteiger partial charge in [-0.05, 0) is 19.9 Å². The van der Waals surface area contributed by atoms with Crippen molar-refractivity contribution < 1.29 is 4.79 Å². The summed E-state index contributed by atoms with van der Waals surface area (Å²) in [5.41, 5.74) is 0. The molecule has 0 aromatic rings. The Morgan fingerprint density at radius 2 is 2.06 bits per heavy atom. The van der Waals surface area contributed by atoms with Crippen molar-refractivity contribution >= 4 is 5.91 Å². The topological polar surface area (TPSA) is 59.4 Å². The van der Waals surface area contributed by atoms with Gasteiger partial charge in [-0.15, -0.1) is 0 Å². The average molecular weight is 238 g/mol. The molecule has 1 heterocycles. The normalized spacial score (nSPS) is 19.6. The Morgan fingerprint density at radius 1 is 1.41 bits per heavy atom. The molecule has 1 unspecified atom stereocenters. The van der Waals surface area contributed by atoms with Crippen molar-refractivity contribution in [2.45, 2.75) is 25.8 Å². The van der Waals surface area contributed by atoms with Crippen molar-refractivity contribution in [3.63, 3.8) is 0 Å². The molecule has 0 aromatic carbocycles. The molecule has 0 saturated carbocycles. The number of carbonyl (C=O) groups excluding carboxylic acids is 1. The van der Waals surface area contributed by atoms with Crippen LogP contribution < -0.4 is 5.32 Å². The Bertz CT molecular complexity index is 279. The summed E-state index contributed by atoms with van der Waals surface area (Å²) in [6.45, 7) is 6.83. The average Bonchev–Trinajstić information content (AvgIpc) is 2.38. The quantitative estimate of drug-likeness (QED) is 0.735. The van der Waals surface area contributed by atoms with Crippen molar-refractivity contribution in [3.05, 3.63) is 0 Å². The fourth-order valence-electron chi connectivity index (χ4n) is 2.04. The second-order valence-electron chi connectivity index (χ2n) is 4.46. The molecule has 5 heteroatoms. The Labute approximate surface area is 103 Å². The lowest BCUT2D eigenvalue weighted by atomic mass is 10.2. The second kappa shape index (κ2) is 7.25. The van der Waals surface area contributed by atoms with Crippen molar-refractivity contribution in [2.75, 3.05) is 39.8 Å². The van der Waals surface area contributed by atoms with E-state index in [1.165, 1.54) is 0 Å². The molecule has 1 saturated heterocycles. The molecule has 0 bridgehead atoms. The predicted octanol–water partition coefficient (Wildman–Crippen LogP) is 0.0423. The molecular weight excluding hydrogens is 216 g/mol. The van der Waals surface area contributed by atoms with Crippen LogP contribution in [0.3, 0.4) is 0 Å². The number of nitriles is 1. The number of amides is 1. The Morgan fingerprint density at radius 3 is 2.59 bits per heavy atom. The zero-order valence-corrected chi connectivity index (χ0v) is 10.8. The number of nitrogens with zero attached hydrogens (tertiary/aromatic N) is 3. The molecule has 0 spiro atoms. The van der Waals surface area contributed by atoms with Crippen LogP contribution in [-0.2, 0) is 4.79 Å². The van der Waals surface area contributed by atoms with Crippen LogP contribution in [0.25, 0.3) is 0 Å². The van der Waals surface area contributed by atoms with Crippen LogP contribution in [0.1, 0.15) is 19.8 Å². The molecule has 1 amide bonds. The lowest BCUT2D eigenvalue weighted by molar-refractivity contribution is -0.120. The highest BCUT2D eigenvalue weighted by molar-refractivity contribution is 5.75. The Balaban J connectivity index is 2.15. The summed E-state index contributed by atoms with van der Waals surface area (Å²) in [5, 5.41) is 11.5. The first-order valence-corrected chi connectivity index (χ1v) is 6.24.